The highest BCUT2D eigenvalue weighted by Crippen LogP contribution is 2.22. The second kappa shape index (κ2) is 6.89. The molecule has 4 nitrogen and oxygen atoms in total. The molecule has 2 aromatic rings. The highest BCUT2D eigenvalue weighted by molar-refractivity contribution is 7.16. The summed E-state index contributed by atoms with van der Waals surface area (Å²) in [5, 5.41) is 15.3. The molecule has 1 atom stereocenters. The normalized spacial score (nSPS) is 12.0. The molecular weight excluding hydrogens is 315 g/mol. The summed E-state index contributed by atoms with van der Waals surface area (Å²) < 4.78 is 13.4. The van der Waals surface area contributed by atoms with Crippen LogP contribution in [0.5, 0.6) is 0 Å². The van der Waals surface area contributed by atoms with Crippen LogP contribution in [0.1, 0.15) is 16.5 Å². The van der Waals surface area contributed by atoms with Gasteiger partial charge in [-0.1, -0.05) is 17.7 Å². The number of urea groups is 1. The highest BCUT2D eigenvalue weighted by atomic mass is 35.5. The van der Waals surface area contributed by atoms with Gasteiger partial charge in [0.1, 0.15) is 5.82 Å². The molecule has 0 bridgehead atoms. The van der Waals surface area contributed by atoms with E-state index >= 15 is 0 Å². The van der Waals surface area contributed by atoms with Crippen LogP contribution in [0.2, 0.25) is 5.02 Å². The number of hydrogen-bond acceptors (Lipinski definition) is 3. The summed E-state index contributed by atoms with van der Waals surface area (Å²) in [6.45, 7) is 1.58. The number of benzene rings is 1. The zero-order valence-electron chi connectivity index (χ0n) is 11.2. The van der Waals surface area contributed by atoms with E-state index in [1.807, 2.05) is 13.0 Å². The number of rotatable bonds is 4. The second-order valence-electron chi connectivity index (χ2n) is 4.42. The Kier molecular flexibility index (Phi) is 5.17. The summed E-state index contributed by atoms with van der Waals surface area (Å²) in [6.07, 6.45) is 0. The summed E-state index contributed by atoms with van der Waals surface area (Å²) in [4.78, 5) is 12.9. The molecule has 3 N–H and O–H groups in total. The molecule has 0 radical (unpaired) electrons. The zero-order valence-corrected chi connectivity index (χ0v) is 12.8. The Morgan fingerprint density at radius 3 is 2.76 bits per heavy atom. The van der Waals surface area contributed by atoms with E-state index in [0.29, 0.717) is 10.6 Å². The Morgan fingerprint density at radius 2 is 2.19 bits per heavy atom. The van der Waals surface area contributed by atoms with Crippen LogP contribution < -0.4 is 10.6 Å². The smallest absolute Gasteiger partial charge is 0.320 e. The molecule has 0 aliphatic rings. The van der Waals surface area contributed by atoms with Crippen LogP contribution in [0.25, 0.3) is 0 Å². The van der Waals surface area contributed by atoms with Gasteiger partial charge in [-0.25, -0.2) is 9.18 Å². The Morgan fingerprint density at radius 1 is 1.43 bits per heavy atom. The monoisotopic (exact) mass is 328 g/mol. The van der Waals surface area contributed by atoms with Crippen molar-refractivity contribution in [2.45, 2.75) is 13.0 Å². The Balaban J connectivity index is 2.04. The maximum Gasteiger partial charge on any atom is 0.320 e. The molecule has 21 heavy (non-hydrogen) atoms. The number of nitrogens with one attached hydrogen (secondary N) is 2. The highest BCUT2D eigenvalue weighted by Gasteiger charge is 2.15. The van der Waals surface area contributed by atoms with E-state index in [-0.39, 0.29) is 11.6 Å². The Labute approximate surface area is 130 Å². The number of aryl methyl sites for hydroxylation is 1. The maximum absolute atomic E-state index is 13.4. The first-order valence-electron chi connectivity index (χ1n) is 6.19. The molecule has 2 amide bonds. The van der Waals surface area contributed by atoms with Gasteiger partial charge in [-0.15, -0.1) is 11.3 Å². The van der Waals surface area contributed by atoms with Crippen molar-refractivity contribution in [3.05, 3.63) is 51.6 Å². The summed E-state index contributed by atoms with van der Waals surface area (Å²) >= 11 is 7.05. The number of halogens is 2. The number of carbonyl (C=O) groups is 1. The van der Waals surface area contributed by atoms with Crippen LogP contribution in [-0.4, -0.2) is 17.7 Å². The number of amides is 2. The summed E-state index contributed by atoms with van der Waals surface area (Å²) in [5.41, 5.74) is 0.442. The molecule has 0 aliphatic heterocycles. The fourth-order valence-corrected chi connectivity index (χ4v) is 2.65. The number of anilines is 1. The van der Waals surface area contributed by atoms with E-state index < -0.39 is 17.9 Å². The van der Waals surface area contributed by atoms with Crippen molar-refractivity contribution < 1.29 is 14.3 Å². The Bertz CT molecular complexity index is 648. The molecule has 1 aromatic heterocycles. The van der Waals surface area contributed by atoms with Crippen molar-refractivity contribution in [2.24, 2.45) is 0 Å². The second-order valence-corrected chi connectivity index (χ2v) is 6.11. The Hall–Kier alpha value is -1.63. The first kappa shape index (κ1) is 15.8. The van der Waals surface area contributed by atoms with Gasteiger partial charge in [-0.05, 0) is 36.8 Å². The van der Waals surface area contributed by atoms with E-state index in [1.54, 1.807) is 12.1 Å². The van der Waals surface area contributed by atoms with Crippen molar-refractivity contribution >= 4 is 34.0 Å². The first-order valence-corrected chi connectivity index (χ1v) is 7.39. The predicted molar refractivity (Wildman–Crippen MR) is 82.4 cm³/mol. The fraction of sp³-hybridized carbons (Fsp3) is 0.214. The lowest BCUT2D eigenvalue weighted by Gasteiger charge is -2.17. The molecule has 0 saturated carbocycles. The van der Waals surface area contributed by atoms with Crippen LogP contribution in [-0.2, 0) is 0 Å². The van der Waals surface area contributed by atoms with Crippen LogP contribution in [0.15, 0.2) is 30.3 Å². The number of hydrogen-bond donors (Lipinski definition) is 3. The lowest BCUT2D eigenvalue weighted by atomic mass is 10.1. The molecule has 1 aromatic carbocycles. The fourth-order valence-electron chi connectivity index (χ4n) is 1.77. The van der Waals surface area contributed by atoms with Crippen LogP contribution in [0.3, 0.4) is 0 Å². The van der Waals surface area contributed by atoms with E-state index in [0.717, 1.165) is 4.88 Å². The quantitative estimate of drug-likeness (QED) is 0.801. The van der Waals surface area contributed by atoms with Gasteiger partial charge >= 0.3 is 6.03 Å². The van der Waals surface area contributed by atoms with Crippen molar-refractivity contribution in [3.63, 3.8) is 0 Å². The molecule has 112 valence electrons. The average molecular weight is 329 g/mol. The molecule has 1 unspecified atom stereocenters. The molecule has 0 aliphatic carbocycles. The van der Waals surface area contributed by atoms with Crippen LogP contribution in [0, 0.1) is 12.7 Å². The van der Waals surface area contributed by atoms with Crippen molar-refractivity contribution in [1.82, 2.24) is 5.32 Å². The summed E-state index contributed by atoms with van der Waals surface area (Å²) in [7, 11) is 0. The van der Waals surface area contributed by atoms with Gasteiger partial charge in [0, 0.05) is 4.88 Å². The van der Waals surface area contributed by atoms with Gasteiger partial charge in [-0.3, -0.25) is 5.32 Å². The minimum atomic E-state index is -0.710. The molecular formula is C14H14ClFN2O2S. The standard InChI is InChI=1S/C14H14ClFN2O2S/c1-8-2-5-13(21-8)18-14(20)17-12(7-19)9-3-4-10(15)11(16)6-9/h2-6,12,19H,7H2,1H3,(H2,17,18,20). The van der Waals surface area contributed by atoms with Crippen molar-refractivity contribution in [2.75, 3.05) is 11.9 Å². The third kappa shape index (κ3) is 4.17. The van der Waals surface area contributed by atoms with Gasteiger partial charge in [0.05, 0.1) is 22.7 Å². The van der Waals surface area contributed by atoms with Crippen LogP contribution >= 0.6 is 22.9 Å². The third-order valence-electron chi connectivity index (χ3n) is 2.81. The average Bonchev–Trinajstić information content (AvgIpc) is 2.84. The van der Waals surface area contributed by atoms with Gasteiger partial charge in [0.25, 0.3) is 0 Å². The first-order chi connectivity index (χ1) is 9.99. The maximum atomic E-state index is 13.4. The molecule has 0 saturated heterocycles. The predicted octanol–water partition coefficient (Wildman–Crippen LogP) is 3.70. The van der Waals surface area contributed by atoms with Crippen LogP contribution in [0.4, 0.5) is 14.2 Å². The van der Waals surface area contributed by atoms with E-state index in [9.17, 15) is 14.3 Å². The number of thiophene rings is 1. The summed E-state index contributed by atoms with van der Waals surface area (Å²) in [6, 6.07) is 6.63. The lowest BCUT2D eigenvalue weighted by Crippen LogP contribution is -2.34. The van der Waals surface area contributed by atoms with Gasteiger partial charge in [0.2, 0.25) is 0 Å². The zero-order chi connectivity index (χ0) is 15.4. The van der Waals surface area contributed by atoms with E-state index in [2.05, 4.69) is 10.6 Å². The molecule has 0 fully saturated rings. The number of carbonyl (C=O) groups excluding carboxylic acids is 1. The molecule has 1 heterocycles. The number of aliphatic hydroxyl groups excluding tert-OH is 1. The van der Waals surface area contributed by atoms with Gasteiger partial charge in [0.15, 0.2) is 0 Å². The number of aliphatic hydroxyl groups is 1. The summed E-state index contributed by atoms with van der Waals surface area (Å²) in [5.74, 6) is -0.594. The minimum absolute atomic E-state index is 0.00560. The topological polar surface area (TPSA) is 61.4 Å². The van der Waals surface area contributed by atoms with Gasteiger partial charge in [-0.2, -0.15) is 0 Å². The molecule has 0 spiro atoms. The van der Waals surface area contributed by atoms with Crippen molar-refractivity contribution in [3.8, 4) is 0 Å². The van der Waals surface area contributed by atoms with Crippen molar-refractivity contribution in [1.29, 1.82) is 0 Å². The third-order valence-corrected chi connectivity index (χ3v) is 4.03. The molecule has 7 heteroatoms. The lowest BCUT2D eigenvalue weighted by molar-refractivity contribution is 0.225. The van der Waals surface area contributed by atoms with E-state index in [1.165, 1.54) is 23.5 Å². The van der Waals surface area contributed by atoms with E-state index in [4.69, 9.17) is 11.6 Å². The molecule has 2 rings (SSSR count). The van der Waals surface area contributed by atoms with Gasteiger partial charge < -0.3 is 10.4 Å². The minimum Gasteiger partial charge on any atom is -0.394 e. The SMILES string of the molecule is Cc1ccc(NC(=O)NC(CO)c2ccc(Cl)c(F)c2)s1. The largest absolute Gasteiger partial charge is 0.394 e.